The Hall–Kier alpha value is -1.06. The lowest BCUT2D eigenvalue weighted by Crippen LogP contribution is -2.44. The van der Waals surface area contributed by atoms with Crippen LogP contribution in [0.4, 0.5) is 0 Å². The molecule has 1 aromatic rings. The number of piperidine rings is 1. The number of aryl methyl sites for hydroxylation is 1. The fraction of sp³-hybridized carbons (Fsp3) is 0.700. The summed E-state index contributed by atoms with van der Waals surface area (Å²) in [6.07, 6.45) is 7.46. The van der Waals surface area contributed by atoms with Gasteiger partial charge in [0.1, 0.15) is 5.75 Å². The zero-order valence-corrected chi connectivity index (χ0v) is 14.8. The number of hydrogen-bond donors (Lipinski definition) is 1. The maximum absolute atomic E-state index is 9.78. The van der Waals surface area contributed by atoms with E-state index in [9.17, 15) is 5.11 Å². The van der Waals surface area contributed by atoms with Crippen molar-refractivity contribution < 1.29 is 5.11 Å². The lowest BCUT2D eigenvalue weighted by molar-refractivity contribution is 0.119. The largest absolute Gasteiger partial charge is 0.508 e. The minimum absolute atomic E-state index is 0.418. The highest BCUT2D eigenvalue weighted by atomic mass is 16.3. The molecule has 1 heterocycles. The molecule has 0 saturated carbocycles. The van der Waals surface area contributed by atoms with Crippen molar-refractivity contribution in [3.05, 3.63) is 29.3 Å². The predicted octanol–water partition coefficient (Wildman–Crippen LogP) is 3.30. The lowest BCUT2D eigenvalue weighted by Gasteiger charge is -2.39. The van der Waals surface area contributed by atoms with Gasteiger partial charge in [0.05, 0.1) is 0 Å². The van der Waals surface area contributed by atoms with E-state index in [1.165, 1.54) is 63.0 Å². The third-order valence-corrected chi connectivity index (χ3v) is 5.75. The summed E-state index contributed by atoms with van der Waals surface area (Å²) < 4.78 is 0. The second-order valence-corrected chi connectivity index (χ2v) is 7.59. The van der Waals surface area contributed by atoms with Crippen molar-refractivity contribution in [1.82, 2.24) is 9.80 Å². The Kier molecular flexibility index (Phi) is 5.60. The number of phenols is 1. The lowest BCUT2D eigenvalue weighted by atomic mass is 9.86. The Labute approximate surface area is 141 Å². The summed E-state index contributed by atoms with van der Waals surface area (Å²) in [5.74, 6) is 1.28. The minimum Gasteiger partial charge on any atom is -0.508 e. The quantitative estimate of drug-likeness (QED) is 0.903. The maximum atomic E-state index is 9.78. The van der Waals surface area contributed by atoms with Gasteiger partial charge in [-0.2, -0.15) is 0 Å². The van der Waals surface area contributed by atoms with Gasteiger partial charge in [-0.05, 0) is 94.4 Å². The molecule has 0 spiro atoms. The van der Waals surface area contributed by atoms with E-state index in [2.05, 4.69) is 29.8 Å². The monoisotopic (exact) mass is 316 g/mol. The molecule has 0 bridgehead atoms. The highest BCUT2D eigenvalue weighted by Gasteiger charge is 2.27. The van der Waals surface area contributed by atoms with Crippen LogP contribution >= 0.6 is 0 Å². The van der Waals surface area contributed by atoms with E-state index in [1.807, 2.05) is 12.1 Å². The maximum Gasteiger partial charge on any atom is 0.115 e. The molecular formula is C20H32N2O. The van der Waals surface area contributed by atoms with Crippen molar-refractivity contribution in [1.29, 1.82) is 0 Å². The van der Waals surface area contributed by atoms with Gasteiger partial charge in [-0.25, -0.2) is 0 Å². The number of rotatable bonds is 5. The molecule has 3 rings (SSSR count). The van der Waals surface area contributed by atoms with Crippen LogP contribution < -0.4 is 0 Å². The molecule has 128 valence electrons. The van der Waals surface area contributed by atoms with Crippen LogP contribution in [0.15, 0.2) is 18.2 Å². The molecule has 3 nitrogen and oxygen atoms in total. The fourth-order valence-electron chi connectivity index (χ4n) is 4.32. The van der Waals surface area contributed by atoms with Crippen LogP contribution in [0.2, 0.25) is 0 Å². The zero-order chi connectivity index (χ0) is 16.2. The van der Waals surface area contributed by atoms with Crippen LogP contribution in [0.1, 0.15) is 43.7 Å². The van der Waals surface area contributed by atoms with Gasteiger partial charge in [-0.1, -0.05) is 13.0 Å². The first-order valence-corrected chi connectivity index (χ1v) is 9.39. The molecule has 1 aliphatic carbocycles. The molecule has 1 aromatic carbocycles. The molecule has 23 heavy (non-hydrogen) atoms. The number of hydrogen-bond acceptors (Lipinski definition) is 3. The van der Waals surface area contributed by atoms with E-state index in [4.69, 9.17) is 0 Å². The summed E-state index contributed by atoms with van der Waals surface area (Å²) in [7, 11) is 2.24. The first-order valence-electron chi connectivity index (χ1n) is 9.39. The van der Waals surface area contributed by atoms with Gasteiger partial charge in [-0.15, -0.1) is 0 Å². The molecule has 1 saturated heterocycles. The van der Waals surface area contributed by atoms with Gasteiger partial charge in [-0.3, -0.25) is 4.90 Å². The molecule has 1 aliphatic heterocycles. The average molecular weight is 316 g/mol. The standard InChI is InChI=1S/C20H32N2O/c1-3-10-22(15-16-8-11-21(2)12-9-16)19-6-4-17-5-7-20(23)14-18(17)13-19/h5,7,14,16,19,23H,3-4,6,8-13,15H2,1-2H3. The van der Waals surface area contributed by atoms with Gasteiger partial charge in [0.25, 0.3) is 0 Å². The van der Waals surface area contributed by atoms with Crippen molar-refractivity contribution in [2.75, 3.05) is 33.2 Å². The van der Waals surface area contributed by atoms with E-state index < -0.39 is 0 Å². The molecule has 1 fully saturated rings. The Morgan fingerprint density at radius 2 is 1.96 bits per heavy atom. The van der Waals surface area contributed by atoms with Gasteiger partial charge in [0.2, 0.25) is 0 Å². The molecular weight excluding hydrogens is 284 g/mol. The fourth-order valence-corrected chi connectivity index (χ4v) is 4.32. The second-order valence-electron chi connectivity index (χ2n) is 7.59. The van der Waals surface area contributed by atoms with Gasteiger partial charge in [0.15, 0.2) is 0 Å². The topological polar surface area (TPSA) is 26.7 Å². The molecule has 1 atom stereocenters. The van der Waals surface area contributed by atoms with Crippen LogP contribution in [0.5, 0.6) is 5.75 Å². The Balaban J connectivity index is 1.64. The summed E-state index contributed by atoms with van der Waals surface area (Å²) in [6, 6.07) is 6.59. The third-order valence-electron chi connectivity index (χ3n) is 5.75. The van der Waals surface area contributed by atoms with E-state index >= 15 is 0 Å². The van der Waals surface area contributed by atoms with Crippen LogP contribution in [-0.2, 0) is 12.8 Å². The van der Waals surface area contributed by atoms with Gasteiger partial charge in [0, 0.05) is 12.6 Å². The number of fused-ring (bicyclic) bond motifs is 1. The van der Waals surface area contributed by atoms with Crippen LogP contribution in [-0.4, -0.2) is 54.2 Å². The summed E-state index contributed by atoms with van der Waals surface area (Å²) in [5, 5.41) is 9.78. The van der Waals surface area contributed by atoms with Crippen molar-refractivity contribution in [3.8, 4) is 5.75 Å². The molecule has 3 heteroatoms. The first-order chi connectivity index (χ1) is 11.2. The minimum atomic E-state index is 0.418. The molecule has 0 aromatic heterocycles. The number of likely N-dealkylation sites (tertiary alicyclic amines) is 1. The normalized spacial score (nSPS) is 23.2. The van der Waals surface area contributed by atoms with Crippen molar-refractivity contribution in [3.63, 3.8) is 0 Å². The third kappa shape index (κ3) is 4.27. The van der Waals surface area contributed by atoms with Crippen molar-refractivity contribution in [2.45, 2.75) is 51.5 Å². The zero-order valence-electron chi connectivity index (χ0n) is 14.8. The van der Waals surface area contributed by atoms with E-state index in [1.54, 1.807) is 0 Å². The summed E-state index contributed by atoms with van der Waals surface area (Å²) in [5.41, 5.74) is 2.81. The van der Waals surface area contributed by atoms with Crippen molar-refractivity contribution in [2.24, 2.45) is 5.92 Å². The van der Waals surface area contributed by atoms with Crippen LogP contribution in [0.25, 0.3) is 0 Å². The molecule has 1 unspecified atom stereocenters. The van der Waals surface area contributed by atoms with Gasteiger partial charge < -0.3 is 10.0 Å². The Morgan fingerprint density at radius 3 is 2.70 bits per heavy atom. The molecule has 0 amide bonds. The number of nitrogens with zero attached hydrogens (tertiary/aromatic N) is 2. The Bertz CT molecular complexity index is 508. The summed E-state index contributed by atoms with van der Waals surface area (Å²) in [6.45, 7) is 7.29. The van der Waals surface area contributed by atoms with Gasteiger partial charge >= 0.3 is 0 Å². The van der Waals surface area contributed by atoms with E-state index in [0.717, 1.165) is 18.8 Å². The predicted molar refractivity (Wildman–Crippen MR) is 96.0 cm³/mol. The van der Waals surface area contributed by atoms with Crippen LogP contribution in [0.3, 0.4) is 0 Å². The van der Waals surface area contributed by atoms with Crippen LogP contribution in [0, 0.1) is 5.92 Å². The summed E-state index contributed by atoms with van der Waals surface area (Å²) >= 11 is 0. The molecule has 0 radical (unpaired) electrons. The Morgan fingerprint density at radius 1 is 1.17 bits per heavy atom. The number of phenolic OH excluding ortho intramolecular Hbond substituents is 1. The molecule has 1 N–H and O–H groups in total. The second kappa shape index (κ2) is 7.67. The summed E-state index contributed by atoms with van der Waals surface area (Å²) in [4.78, 5) is 5.21. The smallest absolute Gasteiger partial charge is 0.115 e. The molecule has 2 aliphatic rings. The number of benzene rings is 1. The first kappa shape index (κ1) is 16.8. The average Bonchev–Trinajstić information content (AvgIpc) is 2.55. The highest BCUT2D eigenvalue weighted by molar-refractivity contribution is 5.37. The highest BCUT2D eigenvalue weighted by Crippen LogP contribution is 2.29. The van der Waals surface area contributed by atoms with E-state index in [-0.39, 0.29) is 0 Å². The number of aromatic hydroxyl groups is 1. The SMILES string of the molecule is CCCN(CC1CCN(C)CC1)C1CCc2ccc(O)cc2C1. The van der Waals surface area contributed by atoms with E-state index in [0.29, 0.717) is 11.8 Å². The van der Waals surface area contributed by atoms with Crippen molar-refractivity contribution >= 4 is 0 Å².